The molecule has 0 saturated heterocycles. The highest BCUT2D eigenvalue weighted by Gasteiger charge is 2.43. The topological polar surface area (TPSA) is 89.8 Å². The van der Waals surface area contributed by atoms with Crippen LogP contribution in [0.15, 0.2) is 29.5 Å². The molecule has 0 aliphatic heterocycles. The molecule has 0 saturated carbocycles. The van der Waals surface area contributed by atoms with Crippen molar-refractivity contribution in [2.24, 2.45) is 0 Å². The van der Waals surface area contributed by atoms with E-state index in [-0.39, 0.29) is 17.5 Å². The normalized spacial score (nSPS) is 16.6. The van der Waals surface area contributed by atoms with E-state index in [2.05, 4.69) is 71.1 Å². The van der Waals surface area contributed by atoms with Crippen LogP contribution in [0, 0.1) is 11.3 Å². The summed E-state index contributed by atoms with van der Waals surface area (Å²) in [5.41, 5.74) is 2.40. The number of nitrogens with zero attached hydrogens (tertiary/aromatic N) is 1. The maximum absolute atomic E-state index is 13.3. The number of rotatable bonds is 10. The lowest BCUT2D eigenvalue weighted by Gasteiger charge is -2.39. The number of amides is 1. The fourth-order valence-electron chi connectivity index (χ4n) is 4.57. The first-order valence-corrected chi connectivity index (χ1v) is 21.3. The van der Waals surface area contributed by atoms with Gasteiger partial charge in [0.2, 0.25) is 0 Å². The molecular weight excluding hydrogens is 505 g/mol. The van der Waals surface area contributed by atoms with Crippen molar-refractivity contribution in [2.45, 2.75) is 71.5 Å². The van der Waals surface area contributed by atoms with Gasteiger partial charge in [-0.2, -0.15) is 5.26 Å². The third-order valence-electron chi connectivity index (χ3n) is 5.94. The summed E-state index contributed by atoms with van der Waals surface area (Å²) in [5.74, 6) is 0.759. The largest absolute Gasteiger partial charge is 0.493 e. The van der Waals surface area contributed by atoms with Gasteiger partial charge in [-0.05, 0) is 91.7 Å². The van der Waals surface area contributed by atoms with Gasteiger partial charge in [-0.3, -0.25) is 4.79 Å². The number of methoxy groups -OCH3 is 2. The molecule has 2 rings (SSSR count). The van der Waals surface area contributed by atoms with Crippen LogP contribution in [-0.4, -0.2) is 51.9 Å². The van der Waals surface area contributed by atoms with Crippen LogP contribution < -0.4 is 14.8 Å². The van der Waals surface area contributed by atoms with Crippen molar-refractivity contribution in [2.75, 3.05) is 20.8 Å². The van der Waals surface area contributed by atoms with Gasteiger partial charge in [-0.25, -0.2) is 0 Å². The highest BCUT2D eigenvalue weighted by atomic mass is 28.5. The molecule has 0 heterocycles. The first kappa shape index (κ1) is 30.1. The van der Waals surface area contributed by atoms with Crippen LogP contribution in [0.1, 0.15) is 31.4 Å². The van der Waals surface area contributed by atoms with Crippen LogP contribution in [0.2, 0.25) is 45.8 Å². The van der Waals surface area contributed by atoms with Gasteiger partial charge in [0.1, 0.15) is 11.6 Å². The van der Waals surface area contributed by atoms with Crippen LogP contribution in [0.4, 0.5) is 0 Å². The summed E-state index contributed by atoms with van der Waals surface area (Å²) in [5, 5.41) is 13.7. The lowest BCUT2D eigenvalue weighted by Crippen LogP contribution is -2.55. The van der Waals surface area contributed by atoms with E-state index in [1.807, 2.05) is 18.7 Å². The van der Waals surface area contributed by atoms with Crippen LogP contribution in [0.3, 0.4) is 0 Å². The van der Waals surface area contributed by atoms with E-state index in [9.17, 15) is 10.1 Å². The zero-order chi connectivity index (χ0) is 27.7. The third kappa shape index (κ3) is 6.98. The second-order valence-electron chi connectivity index (χ2n) is 11.9. The second kappa shape index (κ2) is 10.7. The lowest BCUT2D eigenvalue weighted by atomic mass is 9.86. The maximum atomic E-state index is 13.3. The molecule has 0 aromatic heterocycles. The van der Waals surface area contributed by atoms with Gasteiger partial charge in [0.25, 0.3) is 5.91 Å². The molecule has 1 aromatic rings. The van der Waals surface area contributed by atoms with Crippen LogP contribution in [-0.2, 0) is 18.4 Å². The molecule has 36 heavy (non-hydrogen) atoms. The minimum atomic E-state index is -2.79. The Morgan fingerprint density at radius 2 is 1.53 bits per heavy atom. The van der Waals surface area contributed by atoms with E-state index in [0.717, 1.165) is 16.3 Å². The molecule has 7 nitrogen and oxygen atoms in total. The van der Waals surface area contributed by atoms with Crippen LogP contribution >= 0.6 is 0 Å². The van der Waals surface area contributed by atoms with Crippen molar-refractivity contribution in [1.82, 2.24) is 5.32 Å². The summed E-state index contributed by atoms with van der Waals surface area (Å²) in [7, 11) is -3.48. The molecule has 1 aliphatic rings. The summed E-state index contributed by atoms with van der Waals surface area (Å²) < 4.78 is 24.0. The predicted molar refractivity (Wildman–Crippen MR) is 152 cm³/mol. The zero-order valence-corrected chi connectivity index (χ0v) is 26.8. The van der Waals surface area contributed by atoms with Crippen LogP contribution in [0.5, 0.6) is 11.5 Å². The highest BCUT2D eigenvalue weighted by Crippen LogP contribution is 2.50. The summed E-state index contributed by atoms with van der Waals surface area (Å²) in [6.07, 6.45) is 0.555. The fourth-order valence-corrected chi connectivity index (χ4v) is 16.0. The summed E-state index contributed by atoms with van der Waals surface area (Å²) in [4.78, 5) is 13.3. The molecule has 198 valence electrons. The van der Waals surface area contributed by atoms with Crippen molar-refractivity contribution < 1.29 is 22.5 Å². The van der Waals surface area contributed by atoms with Gasteiger partial charge in [0.05, 0.1) is 14.2 Å². The van der Waals surface area contributed by atoms with Crippen molar-refractivity contribution in [3.8, 4) is 17.6 Å². The minimum absolute atomic E-state index is 0.0995. The smallest absolute Gasteiger partial charge is 0.345 e. The van der Waals surface area contributed by atoms with Crippen molar-refractivity contribution in [3.63, 3.8) is 0 Å². The van der Waals surface area contributed by atoms with E-state index in [4.69, 9.17) is 17.7 Å². The lowest BCUT2D eigenvalue weighted by molar-refractivity contribution is -0.116. The Hall–Kier alpha value is -2.17. The van der Waals surface area contributed by atoms with E-state index in [1.54, 1.807) is 14.2 Å². The first-order valence-electron chi connectivity index (χ1n) is 12.1. The number of allylic oxidation sites excluding steroid dienone is 1. The number of hydrogen-bond donors (Lipinski definition) is 1. The number of benzene rings is 1. The molecule has 1 N–H and O–H groups in total. The molecular formula is C26H42N2O5Si3. The number of carbonyl (C=O) groups excluding carboxylic acids is 1. The van der Waals surface area contributed by atoms with Crippen molar-refractivity contribution >= 4 is 36.7 Å². The predicted octanol–water partition coefficient (Wildman–Crippen LogP) is 5.65. The average Bonchev–Trinajstić information content (AvgIpc) is 2.98. The molecule has 1 aliphatic carbocycles. The minimum Gasteiger partial charge on any atom is -0.493 e. The summed E-state index contributed by atoms with van der Waals surface area (Å²) in [6, 6.07) is 5.95. The molecule has 0 radical (unpaired) electrons. The first-order chi connectivity index (χ1) is 16.4. The van der Waals surface area contributed by atoms with Crippen molar-refractivity contribution in [3.05, 3.63) is 40.6 Å². The van der Waals surface area contributed by atoms with E-state index >= 15 is 0 Å². The number of nitriles is 1. The number of nitrogens with one attached hydrogen (secondary N) is 1. The SMILES string of the molecule is C=C(CNC(=O)/C(C#N)=C1\CC(C)(C)c2cc(OC)c(OC)cc21)[Si](C)(O[Si](C)(C)C)O[Si](C)(C)C. The summed E-state index contributed by atoms with van der Waals surface area (Å²) in [6.45, 7) is 23.4. The molecule has 0 atom stereocenters. The van der Waals surface area contributed by atoms with E-state index < -0.39 is 31.1 Å². The molecule has 0 spiro atoms. The number of hydrogen-bond acceptors (Lipinski definition) is 6. The maximum Gasteiger partial charge on any atom is 0.345 e. The fraction of sp³-hybridized carbons (Fsp3) is 0.538. The highest BCUT2D eigenvalue weighted by molar-refractivity contribution is 6.91. The van der Waals surface area contributed by atoms with Gasteiger partial charge in [0, 0.05) is 6.54 Å². The second-order valence-corrected chi connectivity index (χ2v) is 24.6. The molecule has 1 amide bonds. The Morgan fingerprint density at radius 1 is 1.03 bits per heavy atom. The number of fused-ring (bicyclic) bond motifs is 1. The van der Waals surface area contributed by atoms with Gasteiger partial charge < -0.3 is 23.0 Å². The summed E-state index contributed by atoms with van der Waals surface area (Å²) >= 11 is 0. The quantitative estimate of drug-likeness (QED) is 0.232. The van der Waals surface area contributed by atoms with Gasteiger partial charge >= 0.3 is 8.56 Å². The Kier molecular flexibility index (Phi) is 8.91. The molecule has 0 unspecified atom stereocenters. The molecule has 10 heteroatoms. The van der Waals surface area contributed by atoms with Crippen molar-refractivity contribution in [1.29, 1.82) is 5.26 Å². The molecule has 0 fully saturated rings. The Morgan fingerprint density at radius 3 is 1.97 bits per heavy atom. The van der Waals surface area contributed by atoms with E-state index in [1.165, 1.54) is 0 Å². The van der Waals surface area contributed by atoms with Gasteiger partial charge in [-0.1, -0.05) is 20.4 Å². The number of ether oxygens (including phenoxy) is 2. The molecule has 1 aromatic carbocycles. The number of carbonyl (C=O) groups is 1. The van der Waals surface area contributed by atoms with Gasteiger partial charge in [0.15, 0.2) is 28.1 Å². The van der Waals surface area contributed by atoms with Crippen LogP contribution in [0.25, 0.3) is 5.57 Å². The average molecular weight is 547 g/mol. The third-order valence-corrected chi connectivity index (χ3v) is 15.4. The van der Waals surface area contributed by atoms with Gasteiger partial charge in [-0.15, -0.1) is 0 Å². The Balaban J connectivity index is 2.39. The zero-order valence-electron chi connectivity index (χ0n) is 23.8. The monoisotopic (exact) mass is 546 g/mol. The molecule has 0 bridgehead atoms. The Labute approximate surface area is 220 Å². The standard InChI is InChI=1S/C26H42N2O5Si3/c1-18(36(12,32-34(6,7)8)33-35(9,10)11)17-28-25(29)21(16-27)20-15-26(2,3)22-14-24(31-5)23(30-4)13-19(20)22/h13-14H,1,15,17H2,2-12H3,(H,28,29)/b21-20+. The Bertz CT molecular complexity index is 1090. The van der Waals surface area contributed by atoms with E-state index in [0.29, 0.717) is 23.5 Å².